The van der Waals surface area contributed by atoms with E-state index in [2.05, 4.69) is 27.3 Å². The molecule has 0 aliphatic rings. The van der Waals surface area contributed by atoms with E-state index in [-0.39, 0.29) is 6.42 Å². The minimum atomic E-state index is -0.773. The molecule has 0 saturated heterocycles. The van der Waals surface area contributed by atoms with Crippen molar-refractivity contribution in [3.05, 3.63) is 28.2 Å². The van der Waals surface area contributed by atoms with Crippen LogP contribution in [0.15, 0.2) is 22.7 Å². The summed E-state index contributed by atoms with van der Waals surface area (Å²) in [5.74, 6) is -0.773. The van der Waals surface area contributed by atoms with E-state index in [4.69, 9.17) is 10.4 Å². The van der Waals surface area contributed by atoms with Crippen molar-refractivity contribution in [1.82, 2.24) is 0 Å². The van der Waals surface area contributed by atoms with Gasteiger partial charge in [0, 0.05) is 17.4 Å². The van der Waals surface area contributed by atoms with E-state index >= 15 is 0 Å². The second-order valence-electron chi connectivity index (χ2n) is 3.55. The number of carboxylic acids is 1. The second-order valence-corrected chi connectivity index (χ2v) is 4.41. The molecular weight excluding hydrogens is 284 g/mol. The maximum Gasteiger partial charge on any atom is 0.303 e. The number of halogens is 1. The molecule has 1 rings (SSSR count). The van der Waals surface area contributed by atoms with Gasteiger partial charge in [-0.2, -0.15) is 5.26 Å². The Morgan fingerprint density at radius 3 is 2.88 bits per heavy atom. The van der Waals surface area contributed by atoms with Crippen LogP contribution in [0.4, 0.5) is 5.69 Å². The number of benzene rings is 1. The first kappa shape index (κ1) is 13.5. The van der Waals surface area contributed by atoms with E-state index in [1.54, 1.807) is 0 Å². The zero-order chi connectivity index (χ0) is 12.7. The zero-order valence-corrected chi connectivity index (χ0v) is 10.8. The van der Waals surface area contributed by atoms with Crippen LogP contribution in [0, 0.1) is 11.3 Å². The number of aliphatic carboxylic acids is 1. The van der Waals surface area contributed by atoms with Gasteiger partial charge in [0.2, 0.25) is 0 Å². The largest absolute Gasteiger partial charge is 0.481 e. The van der Waals surface area contributed by atoms with Crippen molar-refractivity contribution < 1.29 is 9.90 Å². The highest BCUT2D eigenvalue weighted by atomic mass is 79.9. The molecule has 0 spiro atoms. The third-order valence-corrected chi connectivity index (χ3v) is 2.92. The number of carbonyl (C=O) groups is 1. The highest BCUT2D eigenvalue weighted by Crippen LogP contribution is 2.23. The quantitative estimate of drug-likeness (QED) is 0.792. The highest BCUT2D eigenvalue weighted by molar-refractivity contribution is 9.10. The summed E-state index contributed by atoms with van der Waals surface area (Å²) in [7, 11) is 0. The fraction of sp³-hybridized carbons (Fsp3) is 0.333. The van der Waals surface area contributed by atoms with Crippen LogP contribution in [0.3, 0.4) is 0 Å². The molecule has 17 heavy (non-hydrogen) atoms. The van der Waals surface area contributed by atoms with Gasteiger partial charge in [-0.1, -0.05) is 6.07 Å². The zero-order valence-electron chi connectivity index (χ0n) is 9.24. The summed E-state index contributed by atoms with van der Waals surface area (Å²) >= 11 is 3.31. The minimum Gasteiger partial charge on any atom is -0.481 e. The molecule has 0 saturated carbocycles. The van der Waals surface area contributed by atoms with E-state index < -0.39 is 5.97 Å². The Balaban J connectivity index is 2.45. The SMILES string of the molecule is N#Cc1c(Br)cccc1NCCCCC(=O)O. The topological polar surface area (TPSA) is 73.1 Å². The summed E-state index contributed by atoms with van der Waals surface area (Å²) in [4.78, 5) is 10.3. The maximum absolute atomic E-state index is 10.3. The van der Waals surface area contributed by atoms with Crippen molar-refractivity contribution in [3.8, 4) is 6.07 Å². The Labute approximate surface area is 108 Å². The van der Waals surface area contributed by atoms with Crippen molar-refractivity contribution in [2.75, 3.05) is 11.9 Å². The van der Waals surface area contributed by atoms with Crippen LogP contribution >= 0.6 is 15.9 Å². The number of nitrogens with one attached hydrogen (secondary N) is 1. The third-order valence-electron chi connectivity index (χ3n) is 2.26. The predicted octanol–water partition coefficient (Wildman–Crippen LogP) is 2.99. The highest BCUT2D eigenvalue weighted by Gasteiger charge is 2.04. The first-order valence-electron chi connectivity index (χ1n) is 5.29. The van der Waals surface area contributed by atoms with Crippen molar-refractivity contribution in [2.24, 2.45) is 0 Å². The lowest BCUT2D eigenvalue weighted by molar-refractivity contribution is -0.137. The number of rotatable bonds is 6. The summed E-state index contributed by atoms with van der Waals surface area (Å²) in [5.41, 5.74) is 1.35. The smallest absolute Gasteiger partial charge is 0.303 e. The standard InChI is InChI=1S/C12H13BrN2O2/c13-10-4-3-5-11(9(10)8-14)15-7-2-1-6-12(16)17/h3-5,15H,1-2,6-7H2,(H,16,17). The normalized spacial score (nSPS) is 9.65. The fourth-order valence-electron chi connectivity index (χ4n) is 1.41. The molecule has 90 valence electrons. The van der Waals surface area contributed by atoms with E-state index in [9.17, 15) is 4.79 Å². The number of hydrogen-bond acceptors (Lipinski definition) is 3. The molecule has 0 heterocycles. The fourth-order valence-corrected chi connectivity index (χ4v) is 1.86. The lowest BCUT2D eigenvalue weighted by atomic mass is 10.2. The molecule has 0 aromatic heterocycles. The van der Waals surface area contributed by atoms with E-state index in [1.165, 1.54) is 0 Å². The van der Waals surface area contributed by atoms with Gasteiger partial charge < -0.3 is 10.4 Å². The Bertz CT molecular complexity index is 441. The predicted molar refractivity (Wildman–Crippen MR) is 68.8 cm³/mol. The van der Waals surface area contributed by atoms with Crippen LogP contribution < -0.4 is 5.32 Å². The second kappa shape index (κ2) is 6.92. The summed E-state index contributed by atoms with van der Waals surface area (Å²) in [6, 6.07) is 7.62. The molecule has 0 atom stereocenters. The first-order valence-corrected chi connectivity index (χ1v) is 6.08. The Morgan fingerprint density at radius 1 is 1.47 bits per heavy atom. The summed E-state index contributed by atoms with van der Waals surface area (Å²) in [6.45, 7) is 0.665. The van der Waals surface area contributed by atoms with Crippen LogP contribution in [0.5, 0.6) is 0 Å². The molecule has 4 nitrogen and oxygen atoms in total. The average molecular weight is 297 g/mol. The minimum absolute atomic E-state index is 0.186. The van der Waals surface area contributed by atoms with Crippen molar-refractivity contribution in [1.29, 1.82) is 5.26 Å². The van der Waals surface area contributed by atoms with Gasteiger partial charge in [0.1, 0.15) is 6.07 Å². The molecule has 0 bridgehead atoms. The van der Waals surface area contributed by atoms with Gasteiger partial charge in [0.05, 0.1) is 11.3 Å². The monoisotopic (exact) mass is 296 g/mol. The first-order chi connectivity index (χ1) is 8.15. The molecule has 0 radical (unpaired) electrons. The molecule has 1 aromatic rings. The Kier molecular flexibility index (Phi) is 5.50. The van der Waals surface area contributed by atoms with Crippen LogP contribution in [-0.2, 0) is 4.79 Å². The van der Waals surface area contributed by atoms with Crippen LogP contribution in [0.1, 0.15) is 24.8 Å². The van der Waals surface area contributed by atoms with Gasteiger partial charge in [-0.3, -0.25) is 4.79 Å². The number of carboxylic acid groups (broad SMARTS) is 1. The molecular formula is C12H13BrN2O2. The molecule has 2 N–H and O–H groups in total. The molecule has 0 aliphatic carbocycles. The molecule has 5 heteroatoms. The van der Waals surface area contributed by atoms with Crippen molar-refractivity contribution in [3.63, 3.8) is 0 Å². The summed E-state index contributed by atoms with van der Waals surface area (Å²) in [5, 5.41) is 20.6. The van der Waals surface area contributed by atoms with Crippen molar-refractivity contribution in [2.45, 2.75) is 19.3 Å². The maximum atomic E-state index is 10.3. The van der Waals surface area contributed by atoms with Gasteiger partial charge in [-0.15, -0.1) is 0 Å². The lowest BCUT2D eigenvalue weighted by Gasteiger charge is -2.08. The van der Waals surface area contributed by atoms with Crippen LogP contribution in [0.2, 0.25) is 0 Å². The molecule has 0 aliphatic heterocycles. The lowest BCUT2D eigenvalue weighted by Crippen LogP contribution is -2.04. The Hall–Kier alpha value is -1.54. The van der Waals surface area contributed by atoms with Gasteiger partial charge in [-0.05, 0) is 40.9 Å². The third kappa shape index (κ3) is 4.45. The molecule has 0 unspecified atom stereocenters. The number of hydrogen-bond donors (Lipinski definition) is 2. The van der Waals surface area contributed by atoms with Gasteiger partial charge in [0.25, 0.3) is 0 Å². The van der Waals surface area contributed by atoms with Gasteiger partial charge >= 0.3 is 5.97 Å². The van der Waals surface area contributed by atoms with Crippen molar-refractivity contribution >= 4 is 27.6 Å². The molecule has 0 fully saturated rings. The average Bonchev–Trinajstić information content (AvgIpc) is 2.28. The number of nitriles is 1. The van der Waals surface area contributed by atoms with Crippen LogP contribution in [-0.4, -0.2) is 17.6 Å². The van der Waals surface area contributed by atoms with E-state index in [1.807, 2.05) is 18.2 Å². The number of nitrogens with zero attached hydrogens (tertiary/aromatic N) is 1. The summed E-state index contributed by atoms with van der Waals surface area (Å²) < 4.78 is 0.760. The van der Waals surface area contributed by atoms with E-state index in [0.29, 0.717) is 18.5 Å². The van der Waals surface area contributed by atoms with Gasteiger partial charge in [0.15, 0.2) is 0 Å². The van der Waals surface area contributed by atoms with Gasteiger partial charge in [-0.25, -0.2) is 0 Å². The molecule has 1 aromatic carbocycles. The Morgan fingerprint density at radius 2 is 2.24 bits per heavy atom. The summed E-state index contributed by atoms with van der Waals surface area (Å²) in [6.07, 6.45) is 1.59. The van der Waals surface area contributed by atoms with Crippen LogP contribution in [0.25, 0.3) is 0 Å². The van der Waals surface area contributed by atoms with E-state index in [0.717, 1.165) is 16.6 Å². The number of unbranched alkanes of at least 4 members (excludes halogenated alkanes) is 1. The number of anilines is 1. The molecule has 0 amide bonds.